The highest BCUT2D eigenvalue weighted by atomic mass is 16.5. The van der Waals surface area contributed by atoms with Gasteiger partial charge in [0.05, 0.1) is 7.11 Å². The Morgan fingerprint density at radius 3 is 2.39 bits per heavy atom. The predicted octanol–water partition coefficient (Wildman–Crippen LogP) is 2.00. The number of methoxy groups -OCH3 is 1. The van der Waals surface area contributed by atoms with Crippen LogP contribution in [-0.2, 0) is 9.53 Å². The van der Waals surface area contributed by atoms with Gasteiger partial charge < -0.3 is 10.1 Å². The van der Waals surface area contributed by atoms with E-state index in [1.54, 1.807) is 24.3 Å². The Labute approximate surface area is 107 Å². The van der Waals surface area contributed by atoms with Crippen molar-refractivity contribution in [2.24, 2.45) is 5.92 Å². The van der Waals surface area contributed by atoms with Crippen LogP contribution in [0.2, 0.25) is 0 Å². The summed E-state index contributed by atoms with van der Waals surface area (Å²) in [6, 6.07) is 8.22. The number of nitrogens with one attached hydrogen (secondary N) is 1. The van der Waals surface area contributed by atoms with Crippen molar-refractivity contribution in [2.45, 2.75) is 26.3 Å². The molecule has 0 saturated carbocycles. The lowest BCUT2D eigenvalue weighted by Gasteiger charge is -2.21. The molecule has 0 aliphatic carbocycles. The standard InChI is InChI=1S/C14H19NO3/c1-4-10(2)12(14(17)18-3)15-13(16)11-8-6-5-7-9-11/h5-10,12H,4H2,1-3H3,(H,15,16). The third kappa shape index (κ3) is 3.58. The van der Waals surface area contributed by atoms with E-state index in [4.69, 9.17) is 4.74 Å². The van der Waals surface area contributed by atoms with Gasteiger partial charge in [-0.2, -0.15) is 0 Å². The second-order valence-corrected chi connectivity index (χ2v) is 4.23. The zero-order chi connectivity index (χ0) is 13.5. The topological polar surface area (TPSA) is 55.4 Å². The van der Waals surface area contributed by atoms with Crippen LogP contribution in [-0.4, -0.2) is 25.0 Å². The second kappa shape index (κ2) is 6.79. The lowest BCUT2D eigenvalue weighted by atomic mass is 9.99. The molecule has 2 unspecified atom stereocenters. The van der Waals surface area contributed by atoms with E-state index >= 15 is 0 Å². The molecule has 1 aromatic carbocycles. The summed E-state index contributed by atoms with van der Waals surface area (Å²) in [6.07, 6.45) is 0.787. The van der Waals surface area contributed by atoms with Crippen LogP contribution in [0, 0.1) is 5.92 Å². The van der Waals surface area contributed by atoms with Crippen LogP contribution >= 0.6 is 0 Å². The lowest BCUT2D eigenvalue weighted by Crippen LogP contribution is -2.45. The minimum Gasteiger partial charge on any atom is -0.467 e. The molecular formula is C14H19NO3. The Hall–Kier alpha value is -1.84. The van der Waals surface area contributed by atoms with Gasteiger partial charge in [0.2, 0.25) is 0 Å². The first kappa shape index (κ1) is 14.2. The summed E-state index contributed by atoms with van der Waals surface area (Å²) in [5, 5.41) is 2.72. The number of ether oxygens (including phenoxy) is 1. The van der Waals surface area contributed by atoms with Crippen molar-refractivity contribution in [1.82, 2.24) is 5.32 Å². The largest absolute Gasteiger partial charge is 0.467 e. The monoisotopic (exact) mass is 249 g/mol. The highest BCUT2D eigenvalue weighted by Crippen LogP contribution is 2.10. The molecule has 0 spiro atoms. The summed E-state index contributed by atoms with van der Waals surface area (Å²) < 4.78 is 4.72. The summed E-state index contributed by atoms with van der Waals surface area (Å²) in [5.41, 5.74) is 0.537. The van der Waals surface area contributed by atoms with Crippen LogP contribution in [0.3, 0.4) is 0 Å². The van der Waals surface area contributed by atoms with Crippen LogP contribution in [0.15, 0.2) is 30.3 Å². The summed E-state index contributed by atoms with van der Waals surface area (Å²) >= 11 is 0. The lowest BCUT2D eigenvalue weighted by molar-refractivity contribution is -0.144. The van der Waals surface area contributed by atoms with Crippen molar-refractivity contribution in [2.75, 3.05) is 7.11 Å². The number of amides is 1. The SMILES string of the molecule is CCC(C)C(NC(=O)c1ccccc1)C(=O)OC. The van der Waals surface area contributed by atoms with Crippen LogP contribution in [0.1, 0.15) is 30.6 Å². The van der Waals surface area contributed by atoms with Gasteiger partial charge in [-0.25, -0.2) is 4.79 Å². The molecule has 1 rings (SSSR count). The fourth-order valence-electron chi connectivity index (χ4n) is 1.61. The number of carbonyl (C=O) groups is 2. The third-order valence-electron chi connectivity index (χ3n) is 2.99. The quantitative estimate of drug-likeness (QED) is 0.812. The first-order chi connectivity index (χ1) is 8.60. The molecule has 1 aromatic rings. The average Bonchev–Trinajstić information content (AvgIpc) is 2.43. The van der Waals surface area contributed by atoms with Crippen LogP contribution < -0.4 is 5.32 Å². The Morgan fingerprint density at radius 1 is 1.28 bits per heavy atom. The number of rotatable bonds is 5. The molecular weight excluding hydrogens is 230 g/mol. The summed E-state index contributed by atoms with van der Waals surface area (Å²) in [7, 11) is 1.33. The van der Waals surface area contributed by atoms with Gasteiger partial charge in [0.15, 0.2) is 0 Å². The zero-order valence-corrected chi connectivity index (χ0v) is 11.0. The maximum Gasteiger partial charge on any atom is 0.328 e. The van der Waals surface area contributed by atoms with Crippen LogP contribution in [0.4, 0.5) is 0 Å². The van der Waals surface area contributed by atoms with Crippen molar-refractivity contribution in [3.05, 3.63) is 35.9 Å². The van der Waals surface area contributed by atoms with Gasteiger partial charge in [0, 0.05) is 5.56 Å². The first-order valence-corrected chi connectivity index (χ1v) is 6.03. The van der Waals surface area contributed by atoms with Crippen molar-refractivity contribution in [3.63, 3.8) is 0 Å². The number of carbonyl (C=O) groups excluding carboxylic acids is 2. The molecule has 98 valence electrons. The minimum absolute atomic E-state index is 0.0325. The molecule has 1 N–H and O–H groups in total. The molecule has 0 aromatic heterocycles. The Kier molecular flexibility index (Phi) is 5.36. The van der Waals surface area contributed by atoms with Crippen molar-refractivity contribution < 1.29 is 14.3 Å². The van der Waals surface area contributed by atoms with E-state index in [9.17, 15) is 9.59 Å². The van der Waals surface area contributed by atoms with E-state index in [0.717, 1.165) is 6.42 Å². The zero-order valence-electron chi connectivity index (χ0n) is 11.0. The van der Waals surface area contributed by atoms with Gasteiger partial charge in [0.1, 0.15) is 6.04 Å². The number of hydrogen-bond acceptors (Lipinski definition) is 3. The molecule has 0 bridgehead atoms. The third-order valence-corrected chi connectivity index (χ3v) is 2.99. The molecule has 0 fully saturated rings. The smallest absolute Gasteiger partial charge is 0.328 e. The maximum atomic E-state index is 12.0. The van der Waals surface area contributed by atoms with Gasteiger partial charge in [-0.1, -0.05) is 38.5 Å². The number of esters is 1. The molecule has 0 aliphatic rings. The fraction of sp³-hybridized carbons (Fsp3) is 0.429. The highest BCUT2D eigenvalue weighted by molar-refractivity contribution is 5.96. The Morgan fingerprint density at radius 2 is 1.89 bits per heavy atom. The second-order valence-electron chi connectivity index (χ2n) is 4.23. The normalized spacial score (nSPS) is 13.5. The van der Waals surface area contributed by atoms with E-state index in [1.807, 2.05) is 19.9 Å². The van der Waals surface area contributed by atoms with E-state index in [0.29, 0.717) is 5.56 Å². The van der Waals surface area contributed by atoms with Gasteiger partial charge >= 0.3 is 5.97 Å². The Balaban J connectivity index is 2.78. The number of hydrogen-bond donors (Lipinski definition) is 1. The van der Waals surface area contributed by atoms with Crippen molar-refractivity contribution in [3.8, 4) is 0 Å². The summed E-state index contributed by atoms with van der Waals surface area (Å²) in [6.45, 7) is 3.88. The van der Waals surface area contributed by atoms with Crippen LogP contribution in [0.25, 0.3) is 0 Å². The summed E-state index contributed by atoms with van der Waals surface area (Å²) in [5.74, 6) is -0.634. The minimum atomic E-state index is -0.604. The Bertz CT molecular complexity index is 403. The molecule has 0 radical (unpaired) electrons. The molecule has 0 saturated heterocycles. The maximum absolute atomic E-state index is 12.0. The van der Waals surface area contributed by atoms with Gasteiger partial charge in [0.25, 0.3) is 5.91 Å². The predicted molar refractivity (Wildman–Crippen MR) is 69.2 cm³/mol. The van der Waals surface area contributed by atoms with E-state index in [2.05, 4.69) is 5.32 Å². The van der Waals surface area contributed by atoms with E-state index < -0.39 is 12.0 Å². The first-order valence-electron chi connectivity index (χ1n) is 6.03. The van der Waals surface area contributed by atoms with Gasteiger partial charge in [-0.05, 0) is 18.1 Å². The van der Waals surface area contributed by atoms with Crippen molar-refractivity contribution in [1.29, 1.82) is 0 Å². The van der Waals surface area contributed by atoms with Gasteiger partial charge in [-0.3, -0.25) is 4.79 Å². The fourth-order valence-corrected chi connectivity index (χ4v) is 1.61. The van der Waals surface area contributed by atoms with E-state index in [-0.39, 0.29) is 11.8 Å². The molecule has 4 heteroatoms. The molecule has 4 nitrogen and oxygen atoms in total. The average molecular weight is 249 g/mol. The summed E-state index contributed by atoms with van der Waals surface area (Å²) in [4.78, 5) is 23.6. The van der Waals surface area contributed by atoms with Gasteiger partial charge in [-0.15, -0.1) is 0 Å². The van der Waals surface area contributed by atoms with Crippen LogP contribution in [0.5, 0.6) is 0 Å². The molecule has 1 amide bonds. The van der Waals surface area contributed by atoms with E-state index in [1.165, 1.54) is 7.11 Å². The molecule has 0 aliphatic heterocycles. The molecule has 18 heavy (non-hydrogen) atoms. The number of benzene rings is 1. The molecule has 0 heterocycles. The van der Waals surface area contributed by atoms with Crippen molar-refractivity contribution >= 4 is 11.9 Å². The molecule has 2 atom stereocenters. The highest BCUT2D eigenvalue weighted by Gasteiger charge is 2.26.